The summed E-state index contributed by atoms with van der Waals surface area (Å²) in [5, 5.41) is 4.73. The second-order valence-corrected chi connectivity index (χ2v) is 4.06. The van der Waals surface area contributed by atoms with Gasteiger partial charge in [0.15, 0.2) is 0 Å². The lowest BCUT2D eigenvalue weighted by Crippen LogP contribution is -1.94. The van der Waals surface area contributed by atoms with Crippen LogP contribution in [-0.2, 0) is 13.0 Å². The highest BCUT2D eigenvalue weighted by Crippen LogP contribution is 2.21. The summed E-state index contributed by atoms with van der Waals surface area (Å²) in [5.41, 5.74) is 2.06. The first kappa shape index (κ1) is 11.9. The fourth-order valence-electron chi connectivity index (χ4n) is 1.60. The van der Waals surface area contributed by atoms with Crippen molar-refractivity contribution in [1.82, 2.24) is 14.8 Å². The second-order valence-electron chi connectivity index (χ2n) is 3.71. The maximum Gasteiger partial charge on any atom is 0.137 e. The first-order chi connectivity index (χ1) is 8.22. The van der Waals surface area contributed by atoms with Crippen LogP contribution in [0.3, 0.4) is 0 Å². The van der Waals surface area contributed by atoms with Crippen LogP contribution in [0.25, 0.3) is 0 Å². The molecule has 0 atom stereocenters. The van der Waals surface area contributed by atoms with E-state index < -0.39 is 0 Å². The minimum absolute atomic E-state index is 0.509. The number of nitrogens with zero attached hydrogens (tertiary/aromatic N) is 3. The van der Waals surface area contributed by atoms with Crippen molar-refractivity contribution in [1.29, 1.82) is 0 Å². The van der Waals surface area contributed by atoms with Crippen LogP contribution in [0.1, 0.15) is 18.1 Å². The van der Waals surface area contributed by atoms with Gasteiger partial charge in [0.2, 0.25) is 0 Å². The number of aromatic nitrogens is 3. The van der Waals surface area contributed by atoms with Gasteiger partial charge in [-0.2, -0.15) is 5.10 Å². The summed E-state index contributed by atoms with van der Waals surface area (Å²) < 4.78 is 7.02. The summed E-state index contributed by atoms with van der Waals surface area (Å²) in [4.78, 5) is 4.09. The number of hydrogen-bond donors (Lipinski definition) is 0. The molecule has 0 fully saturated rings. The molecule has 0 spiro atoms. The molecule has 0 N–H and O–H groups in total. The van der Waals surface area contributed by atoms with E-state index in [0.717, 1.165) is 17.7 Å². The van der Waals surface area contributed by atoms with Gasteiger partial charge in [-0.25, -0.2) is 4.98 Å². The van der Waals surface area contributed by atoms with Gasteiger partial charge in [-0.3, -0.25) is 4.68 Å². The lowest BCUT2D eigenvalue weighted by Gasteiger charge is -2.04. The van der Waals surface area contributed by atoms with E-state index in [1.165, 1.54) is 0 Å². The summed E-state index contributed by atoms with van der Waals surface area (Å²) in [5.74, 6) is 0.715. The number of aryl methyl sites for hydroxylation is 1. The SMILES string of the molecule is CCn1cc(Cc2cc(OC)cnc2Cl)cn1. The van der Waals surface area contributed by atoms with Gasteiger partial charge >= 0.3 is 0 Å². The van der Waals surface area contributed by atoms with Gasteiger partial charge in [0.1, 0.15) is 10.9 Å². The highest BCUT2D eigenvalue weighted by atomic mass is 35.5. The largest absolute Gasteiger partial charge is 0.495 e. The number of hydrogen-bond acceptors (Lipinski definition) is 3. The van der Waals surface area contributed by atoms with Crippen molar-refractivity contribution in [2.45, 2.75) is 19.9 Å². The monoisotopic (exact) mass is 251 g/mol. The van der Waals surface area contributed by atoms with Crippen LogP contribution in [0.4, 0.5) is 0 Å². The fraction of sp³-hybridized carbons (Fsp3) is 0.333. The van der Waals surface area contributed by atoms with Crippen molar-refractivity contribution in [3.05, 3.63) is 40.9 Å². The summed E-state index contributed by atoms with van der Waals surface area (Å²) in [6.45, 7) is 2.92. The summed E-state index contributed by atoms with van der Waals surface area (Å²) in [7, 11) is 1.61. The Morgan fingerprint density at radius 3 is 2.88 bits per heavy atom. The molecule has 2 aromatic heterocycles. The standard InChI is InChI=1S/C12H14ClN3O/c1-3-16-8-9(6-15-16)4-10-5-11(17-2)7-14-12(10)13/h5-8H,3-4H2,1-2H3. The molecule has 0 aliphatic rings. The van der Waals surface area contributed by atoms with Crippen molar-refractivity contribution in [2.24, 2.45) is 0 Å². The van der Waals surface area contributed by atoms with Crippen molar-refractivity contribution in [3.8, 4) is 5.75 Å². The molecule has 0 bridgehead atoms. The lowest BCUT2D eigenvalue weighted by molar-refractivity contribution is 0.412. The zero-order valence-electron chi connectivity index (χ0n) is 9.85. The molecule has 0 unspecified atom stereocenters. The Balaban J connectivity index is 2.22. The number of pyridine rings is 1. The van der Waals surface area contributed by atoms with E-state index in [2.05, 4.69) is 17.0 Å². The second kappa shape index (κ2) is 5.19. The minimum atomic E-state index is 0.509. The first-order valence-electron chi connectivity index (χ1n) is 5.42. The molecule has 0 aromatic carbocycles. The third-order valence-electron chi connectivity index (χ3n) is 2.53. The van der Waals surface area contributed by atoms with Gasteiger partial charge in [0, 0.05) is 19.2 Å². The smallest absolute Gasteiger partial charge is 0.137 e. The van der Waals surface area contributed by atoms with Crippen LogP contribution >= 0.6 is 11.6 Å². The Bertz CT molecular complexity index is 510. The Labute approximate surface area is 105 Å². The number of methoxy groups -OCH3 is 1. The number of halogens is 1. The molecule has 0 aliphatic carbocycles. The summed E-state index contributed by atoms with van der Waals surface area (Å²) in [6, 6.07) is 1.90. The third-order valence-corrected chi connectivity index (χ3v) is 2.87. The van der Waals surface area contributed by atoms with Crippen LogP contribution in [0.2, 0.25) is 5.15 Å². The van der Waals surface area contributed by atoms with Crippen LogP contribution < -0.4 is 4.74 Å². The molecule has 4 nitrogen and oxygen atoms in total. The predicted octanol–water partition coefficient (Wildman–Crippen LogP) is 2.55. The van der Waals surface area contributed by atoms with Gasteiger partial charge < -0.3 is 4.74 Å². The Morgan fingerprint density at radius 2 is 2.24 bits per heavy atom. The number of ether oxygens (including phenoxy) is 1. The molecule has 2 rings (SSSR count). The van der Waals surface area contributed by atoms with Gasteiger partial charge in [-0.1, -0.05) is 11.6 Å². The van der Waals surface area contributed by atoms with E-state index in [1.54, 1.807) is 13.3 Å². The normalized spacial score (nSPS) is 10.5. The minimum Gasteiger partial charge on any atom is -0.495 e. The Kier molecular flexibility index (Phi) is 3.64. The molecule has 2 heterocycles. The van der Waals surface area contributed by atoms with Crippen molar-refractivity contribution < 1.29 is 4.74 Å². The molecule has 17 heavy (non-hydrogen) atoms. The van der Waals surface area contributed by atoms with Gasteiger partial charge in [-0.15, -0.1) is 0 Å². The van der Waals surface area contributed by atoms with Gasteiger partial charge in [0.25, 0.3) is 0 Å². The maximum absolute atomic E-state index is 6.05. The molecule has 2 aromatic rings. The average molecular weight is 252 g/mol. The topological polar surface area (TPSA) is 39.9 Å². The third kappa shape index (κ3) is 2.77. The van der Waals surface area contributed by atoms with Crippen molar-refractivity contribution in [2.75, 3.05) is 7.11 Å². The van der Waals surface area contributed by atoms with Crippen molar-refractivity contribution >= 4 is 11.6 Å². The van der Waals surface area contributed by atoms with E-state index in [4.69, 9.17) is 16.3 Å². The zero-order chi connectivity index (χ0) is 12.3. The molecule has 90 valence electrons. The zero-order valence-corrected chi connectivity index (χ0v) is 10.6. The highest BCUT2D eigenvalue weighted by molar-refractivity contribution is 6.30. The first-order valence-corrected chi connectivity index (χ1v) is 5.80. The summed E-state index contributed by atoms with van der Waals surface area (Å²) >= 11 is 6.05. The van der Waals surface area contributed by atoms with Crippen molar-refractivity contribution in [3.63, 3.8) is 0 Å². The Morgan fingerprint density at radius 1 is 1.41 bits per heavy atom. The van der Waals surface area contributed by atoms with Crippen LogP contribution in [-0.4, -0.2) is 21.9 Å². The molecular weight excluding hydrogens is 238 g/mol. The molecular formula is C12H14ClN3O. The van der Waals surface area contributed by atoms with Crippen LogP contribution in [0, 0.1) is 0 Å². The molecule has 0 amide bonds. The molecule has 0 aliphatic heterocycles. The van der Waals surface area contributed by atoms with Crippen LogP contribution in [0.5, 0.6) is 5.75 Å². The lowest BCUT2D eigenvalue weighted by atomic mass is 10.1. The Hall–Kier alpha value is -1.55. The van der Waals surface area contributed by atoms with E-state index in [1.807, 2.05) is 23.1 Å². The highest BCUT2D eigenvalue weighted by Gasteiger charge is 2.06. The molecule has 0 radical (unpaired) electrons. The summed E-state index contributed by atoms with van der Waals surface area (Å²) in [6.07, 6.45) is 6.18. The fourth-order valence-corrected chi connectivity index (χ4v) is 1.77. The predicted molar refractivity (Wildman–Crippen MR) is 66.5 cm³/mol. The van der Waals surface area contributed by atoms with E-state index in [9.17, 15) is 0 Å². The number of rotatable bonds is 4. The molecule has 5 heteroatoms. The van der Waals surface area contributed by atoms with Gasteiger partial charge in [-0.05, 0) is 24.1 Å². The van der Waals surface area contributed by atoms with Crippen LogP contribution in [0.15, 0.2) is 24.7 Å². The average Bonchev–Trinajstić information content (AvgIpc) is 2.80. The maximum atomic E-state index is 6.05. The van der Waals surface area contributed by atoms with E-state index in [-0.39, 0.29) is 0 Å². The van der Waals surface area contributed by atoms with E-state index >= 15 is 0 Å². The molecule has 0 saturated carbocycles. The molecule has 0 saturated heterocycles. The van der Waals surface area contributed by atoms with E-state index in [0.29, 0.717) is 17.3 Å². The van der Waals surface area contributed by atoms with Gasteiger partial charge in [0.05, 0.1) is 19.5 Å². The quantitative estimate of drug-likeness (QED) is 0.784.